The van der Waals surface area contributed by atoms with Crippen molar-refractivity contribution in [1.82, 2.24) is 9.80 Å². The highest BCUT2D eigenvalue weighted by Gasteiger charge is 2.29. The predicted octanol–water partition coefficient (Wildman–Crippen LogP) is 2.17. The monoisotopic (exact) mass is 280 g/mol. The van der Waals surface area contributed by atoms with E-state index in [2.05, 4.69) is 5.92 Å². The molecule has 1 rings (SSSR count). The third-order valence-electron chi connectivity index (χ3n) is 3.61. The number of urea groups is 1. The van der Waals surface area contributed by atoms with E-state index < -0.39 is 5.97 Å². The lowest BCUT2D eigenvalue weighted by atomic mass is 9.98. The van der Waals surface area contributed by atoms with Crippen LogP contribution in [0.15, 0.2) is 0 Å². The number of hydrogen-bond acceptors (Lipinski definition) is 2. The Labute approximate surface area is 120 Å². The molecule has 5 heteroatoms. The highest BCUT2D eigenvalue weighted by molar-refractivity contribution is 5.75. The van der Waals surface area contributed by atoms with E-state index in [-0.39, 0.29) is 18.5 Å². The highest BCUT2D eigenvalue weighted by atomic mass is 16.4. The molecule has 1 N–H and O–H groups in total. The number of carboxylic acids is 1. The van der Waals surface area contributed by atoms with Crippen LogP contribution in [0.25, 0.3) is 0 Å². The number of carbonyl (C=O) groups is 2. The van der Waals surface area contributed by atoms with Gasteiger partial charge in [0.05, 0.1) is 6.54 Å². The number of terminal acetylenes is 1. The van der Waals surface area contributed by atoms with Gasteiger partial charge < -0.3 is 14.9 Å². The zero-order valence-electron chi connectivity index (χ0n) is 12.2. The summed E-state index contributed by atoms with van der Waals surface area (Å²) >= 11 is 0. The zero-order valence-corrected chi connectivity index (χ0v) is 12.2. The fourth-order valence-corrected chi connectivity index (χ4v) is 2.65. The first kappa shape index (κ1) is 16.4. The minimum atomic E-state index is -0.808. The molecule has 0 aromatic heterocycles. The van der Waals surface area contributed by atoms with Gasteiger partial charge in [-0.2, -0.15) is 0 Å². The third kappa shape index (κ3) is 4.76. The lowest BCUT2D eigenvalue weighted by Crippen LogP contribution is -2.50. The average Bonchev–Trinajstić information content (AvgIpc) is 2.44. The molecular formula is C15H24N2O3. The fourth-order valence-electron chi connectivity index (χ4n) is 2.65. The molecule has 0 saturated carbocycles. The number of aliphatic carboxylic acids is 1. The summed E-state index contributed by atoms with van der Waals surface area (Å²) in [4.78, 5) is 26.8. The Bertz CT molecular complexity index is 376. The lowest BCUT2D eigenvalue weighted by molar-refractivity contribution is -0.137. The van der Waals surface area contributed by atoms with Gasteiger partial charge in [0.2, 0.25) is 0 Å². The van der Waals surface area contributed by atoms with Crippen LogP contribution in [0.5, 0.6) is 0 Å². The van der Waals surface area contributed by atoms with Crippen LogP contribution in [0.2, 0.25) is 0 Å². The summed E-state index contributed by atoms with van der Waals surface area (Å²) in [5.41, 5.74) is 0. The van der Waals surface area contributed by atoms with E-state index in [0.29, 0.717) is 26.1 Å². The smallest absolute Gasteiger partial charge is 0.321 e. The first-order valence-electron chi connectivity index (χ1n) is 7.31. The number of carbonyl (C=O) groups excluding carboxylic acids is 1. The molecule has 1 unspecified atom stereocenters. The van der Waals surface area contributed by atoms with Crippen molar-refractivity contribution in [3.63, 3.8) is 0 Å². The number of piperidine rings is 1. The minimum absolute atomic E-state index is 0.0319. The summed E-state index contributed by atoms with van der Waals surface area (Å²) in [6.45, 7) is 3.67. The molecular weight excluding hydrogens is 256 g/mol. The molecule has 1 atom stereocenters. The largest absolute Gasteiger partial charge is 0.481 e. The molecule has 112 valence electrons. The average molecular weight is 280 g/mol. The Kier molecular flexibility index (Phi) is 6.92. The Morgan fingerprint density at radius 1 is 1.45 bits per heavy atom. The van der Waals surface area contributed by atoms with Crippen LogP contribution < -0.4 is 0 Å². The third-order valence-corrected chi connectivity index (χ3v) is 3.61. The van der Waals surface area contributed by atoms with Gasteiger partial charge in [-0.3, -0.25) is 4.79 Å². The normalized spacial score (nSPS) is 18.4. The van der Waals surface area contributed by atoms with Gasteiger partial charge in [0.15, 0.2) is 0 Å². The van der Waals surface area contributed by atoms with Crippen LogP contribution in [-0.4, -0.2) is 52.6 Å². The second kappa shape index (κ2) is 8.47. The van der Waals surface area contributed by atoms with Crippen molar-refractivity contribution in [3.05, 3.63) is 0 Å². The molecule has 1 fully saturated rings. The van der Waals surface area contributed by atoms with Gasteiger partial charge in [0.25, 0.3) is 0 Å². The Morgan fingerprint density at radius 2 is 2.20 bits per heavy atom. The van der Waals surface area contributed by atoms with Crippen molar-refractivity contribution >= 4 is 12.0 Å². The van der Waals surface area contributed by atoms with Gasteiger partial charge in [-0.1, -0.05) is 12.8 Å². The van der Waals surface area contributed by atoms with Crippen LogP contribution in [0.1, 0.15) is 45.4 Å². The molecule has 1 aliphatic rings. The molecule has 0 radical (unpaired) electrons. The van der Waals surface area contributed by atoms with Crippen LogP contribution in [-0.2, 0) is 4.79 Å². The molecule has 0 bridgehead atoms. The Hall–Kier alpha value is -1.70. The second-order valence-electron chi connectivity index (χ2n) is 5.18. The topological polar surface area (TPSA) is 60.9 Å². The number of amides is 2. The van der Waals surface area contributed by atoms with Gasteiger partial charge in [0.1, 0.15) is 0 Å². The van der Waals surface area contributed by atoms with Gasteiger partial charge >= 0.3 is 12.0 Å². The fraction of sp³-hybridized carbons (Fsp3) is 0.733. The summed E-state index contributed by atoms with van der Waals surface area (Å²) < 4.78 is 0. The Balaban J connectivity index is 2.69. The first-order chi connectivity index (χ1) is 9.60. The number of hydrogen-bond donors (Lipinski definition) is 1. The van der Waals surface area contributed by atoms with E-state index in [9.17, 15) is 9.59 Å². The number of likely N-dealkylation sites (tertiary alicyclic amines) is 1. The van der Waals surface area contributed by atoms with Gasteiger partial charge in [0, 0.05) is 25.6 Å². The maximum atomic E-state index is 12.5. The maximum absolute atomic E-state index is 12.5. The van der Waals surface area contributed by atoms with Crippen molar-refractivity contribution in [2.45, 2.75) is 51.5 Å². The predicted molar refractivity (Wildman–Crippen MR) is 77.3 cm³/mol. The number of carboxylic acid groups (broad SMARTS) is 1. The Morgan fingerprint density at radius 3 is 2.80 bits per heavy atom. The molecule has 20 heavy (non-hydrogen) atoms. The van der Waals surface area contributed by atoms with Crippen LogP contribution in [0.4, 0.5) is 4.79 Å². The molecule has 0 aromatic rings. The standard InChI is InChI=1S/C15H24N2O3/c1-3-10-16(11-4-2)15(20)17-12-6-5-7-13(17)8-9-14(18)19/h1,13H,4-12H2,2H3,(H,18,19). The van der Waals surface area contributed by atoms with Crippen LogP contribution >= 0.6 is 0 Å². The molecule has 0 aliphatic carbocycles. The molecule has 0 spiro atoms. The summed E-state index contributed by atoms with van der Waals surface area (Å²) in [7, 11) is 0. The summed E-state index contributed by atoms with van der Waals surface area (Å²) in [6.07, 6.45) is 9.73. The van der Waals surface area contributed by atoms with E-state index in [4.69, 9.17) is 11.5 Å². The van der Waals surface area contributed by atoms with E-state index in [1.54, 1.807) is 4.90 Å². The molecule has 1 aliphatic heterocycles. The first-order valence-corrected chi connectivity index (χ1v) is 7.31. The van der Waals surface area contributed by atoms with E-state index in [0.717, 1.165) is 25.7 Å². The molecule has 5 nitrogen and oxygen atoms in total. The molecule has 2 amide bonds. The summed E-state index contributed by atoms with van der Waals surface area (Å²) in [5.74, 6) is 1.71. The van der Waals surface area contributed by atoms with Crippen LogP contribution in [0, 0.1) is 12.3 Å². The second-order valence-corrected chi connectivity index (χ2v) is 5.18. The summed E-state index contributed by atoms with van der Waals surface area (Å²) in [5, 5.41) is 8.81. The molecule has 1 heterocycles. The van der Waals surface area contributed by atoms with Gasteiger partial charge in [-0.15, -0.1) is 6.42 Å². The van der Waals surface area contributed by atoms with E-state index >= 15 is 0 Å². The van der Waals surface area contributed by atoms with Gasteiger partial charge in [-0.05, 0) is 32.1 Å². The SMILES string of the molecule is C#CCN(CCC)C(=O)N1CCCCC1CCC(=O)O. The quantitative estimate of drug-likeness (QED) is 0.759. The van der Waals surface area contributed by atoms with Crippen molar-refractivity contribution in [2.24, 2.45) is 0 Å². The summed E-state index contributed by atoms with van der Waals surface area (Å²) in [6, 6.07) is -0.00984. The minimum Gasteiger partial charge on any atom is -0.481 e. The zero-order chi connectivity index (χ0) is 15.0. The van der Waals surface area contributed by atoms with Crippen molar-refractivity contribution < 1.29 is 14.7 Å². The van der Waals surface area contributed by atoms with Crippen molar-refractivity contribution in [3.8, 4) is 12.3 Å². The maximum Gasteiger partial charge on any atom is 0.321 e. The number of nitrogens with zero attached hydrogens (tertiary/aromatic N) is 2. The van der Waals surface area contributed by atoms with Crippen molar-refractivity contribution in [2.75, 3.05) is 19.6 Å². The van der Waals surface area contributed by atoms with Crippen molar-refractivity contribution in [1.29, 1.82) is 0 Å². The molecule has 0 aromatic carbocycles. The van der Waals surface area contributed by atoms with E-state index in [1.807, 2.05) is 11.8 Å². The van der Waals surface area contributed by atoms with E-state index in [1.165, 1.54) is 0 Å². The van der Waals surface area contributed by atoms with Gasteiger partial charge in [-0.25, -0.2) is 4.79 Å². The number of rotatable bonds is 6. The highest BCUT2D eigenvalue weighted by Crippen LogP contribution is 2.22. The molecule has 1 saturated heterocycles. The lowest BCUT2D eigenvalue weighted by Gasteiger charge is -2.38. The van der Waals surface area contributed by atoms with Crippen LogP contribution in [0.3, 0.4) is 0 Å².